The van der Waals surface area contributed by atoms with Crippen LogP contribution in [0.25, 0.3) is 0 Å². The topological polar surface area (TPSA) is 84.9 Å². The van der Waals surface area contributed by atoms with Gasteiger partial charge in [0.15, 0.2) is 25.0 Å². The maximum Gasteiger partial charge on any atom is 0.485 e. The lowest BCUT2D eigenvalue weighted by Gasteiger charge is -2.08. The summed E-state index contributed by atoms with van der Waals surface area (Å²) in [4.78, 5) is 2.52. The molecule has 38 heavy (non-hydrogen) atoms. The summed E-state index contributed by atoms with van der Waals surface area (Å²) in [7, 11) is -1.19. The van der Waals surface area contributed by atoms with Crippen molar-refractivity contribution in [2.24, 2.45) is 0 Å². The largest absolute Gasteiger partial charge is 0.741 e. The molecule has 4 rings (SSSR count). The van der Waals surface area contributed by atoms with Crippen molar-refractivity contribution in [1.29, 1.82) is 0 Å². The van der Waals surface area contributed by atoms with Crippen LogP contribution < -0.4 is 14.2 Å². The fraction of sp³-hybridized carbons (Fsp3) is 0.167. The summed E-state index contributed by atoms with van der Waals surface area (Å²) in [5.41, 5.74) is -5.65. The average molecular weight is 623 g/mol. The van der Waals surface area contributed by atoms with Crippen LogP contribution in [0.2, 0.25) is 0 Å². The van der Waals surface area contributed by atoms with E-state index in [0.29, 0.717) is 0 Å². The molecule has 2 heterocycles. The number of thiophene rings is 2. The van der Waals surface area contributed by atoms with Crippen molar-refractivity contribution in [3.05, 3.63) is 72.8 Å². The van der Waals surface area contributed by atoms with Crippen molar-refractivity contribution in [2.75, 3.05) is 21.3 Å². The Morgan fingerprint density at radius 1 is 0.737 bits per heavy atom. The maximum atomic E-state index is 10.7. The Hall–Kier alpha value is -2.36. The van der Waals surface area contributed by atoms with Crippen LogP contribution in [-0.2, 0) is 21.0 Å². The van der Waals surface area contributed by atoms with Gasteiger partial charge in [-0.3, -0.25) is 0 Å². The van der Waals surface area contributed by atoms with Gasteiger partial charge in [-0.25, -0.2) is 8.42 Å². The number of halogens is 3. The molecule has 0 aliphatic heterocycles. The van der Waals surface area contributed by atoms with E-state index in [1.165, 1.54) is 22.4 Å². The number of hydrogen-bond acceptors (Lipinski definition) is 9. The summed E-state index contributed by atoms with van der Waals surface area (Å²) < 4.78 is 78.8. The monoisotopic (exact) mass is 622 g/mol. The molecule has 0 atom stereocenters. The lowest BCUT2D eigenvalue weighted by Crippen LogP contribution is -2.21. The molecular weight excluding hydrogens is 602 g/mol. The van der Waals surface area contributed by atoms with Gasteiger partial charge >= 0.3 is 5.51 Å². The molecule has 0 fully saturated rings. The second-order valence-corrected chi connectivity index (χ2v) is 14.4. The average Bonchev–Trinajstić information content (AvgIpc) is 3.54. The minimum absolute atomic E-state index is 0.196. The summed E-state index contributed by atoms with van der Waals surface area (Å²) in [5.74, 6) is 1.73. The minimum Gasteiger partial charge on any atom is -0.741 e. The number of methoxy groups -OCH3 is 3. The SMILES string of the molecule is COc1ccc([S+](c2ccc(OC)cc2)c2ccc(Sc3ccc(OC)s3)s2)cc1.O=S(=O)([O-])C(F)(F)F. The minimum atomic E-state index is -6.09. The fourth-order valence-electron chi connectivity index (χ4n) is 2.83. The molecule has 14 heteroatoms. The van der Waals surface area contributed by atoms with Gasteiger partial charge in [0.25, 0.3) is 0 Å². The van der Waals surface area contributed by atoms with Crippen molar-refractivity contribution in [3.8, 4) is 16.6 Å². The van der Waals surface area contributed by atoms with Crippen molar-refractivity contribution in [3.63, 3.8) is 0 Å². The van der Waals surface area contributed by atoms with Crippen LogP contribution in [-0.4, -0.2) is 39.8 Å². The molecule has 4 aromatic rings. The first-order valence-electron chi connectivity index (χ1n) is 10.4. The number of hydrogen-bond donors (Lipinski definition) is 0. The molecule has 0 N–H and O–H groups in total. The van der Waals surface area contributed by atoms with E-state index in [9.17, 15) is 13.2 Å². The normalized spacial score (nSPS) is 11.6. The van der Waals surface area contributed by atoms with Gasteiger partial charge in [-0.2, -0.15) is 13.2 Å². The first-order valence-corrected chi connectivity index (χ1v) is 15.5. The molecule has 0 saturated carbocycles. The third-order valence-electron chi connectivity index (χ3n) is 4.59. The highest BCUT2D eigenvalue weighted by Crippen LogP contribution is 2.43. The third-order valence-corrected chi connectivity index (χ3v) is 11.1. The Balaban J connectivity index is 0.000000436. The first-order chi connectivity index (χ1) is 17.9. The predicted molar refractivity (Wildman–Crippen MR) is 143 cm³/mol. The van der Waals surface area contributed by atoms with Gasteiger partial charge in [-0.15, -0.1) is 0 Å². The van der Waals surface area contributed by atoms with E-state index in [2.05, 4.69) is 42.5 Å². The van der Waals surface area contributed by atoms with Crippen LogP contribution in [0.1, 0.15) is 0 Å². The predicted octanol–water partition coefficient (Wildman–Crippen LogP) is 7.13. The molecule has 0 aliphatic rings. The Kier molecular flexibility index (Phi) is 10.4. The molecule has 2 aromatic heterocycles. The lowest BCUT2D eigenvalue weighted by molar-refractivity contribution is -0.0517. The van der Waals surface area contributed by atoms with E-state index in [1.54, 1.807) is 44.4 Å². The second kappa shape index (κ2) is 13.1. The molecule has 0 radical (unpaired) electrons. The van der Waals surface area contributed by atoms with Gasteiger partial charge in [0.2, 0.25) is 4.21 Å². The van der Waals surface area contributed by atoms with Gasteiger partial charge in [0, 0.05) is 6.07 Å². The van der Waals surface area contributed by atoms with Crippen LogP contribution in [0.15, 0.2) is 95.2 Å². The summed E-state index contributed by atoms with van der Waals surface area (Å²) in [6, 6.07) is 25.3. The molecule has 2 aromatic carbocycles. The van der Waals surface area contributed by atoms with E-state index in [4.69, 9.17) is 27.2 Å². The fourth-order valence-corrected chi connectivity index (χ4v) is 8.96. The standard InChI is InChI=1S/C23H21O3S4.CHF3O3S/c1-24-16-4-8-18(9-5-16)30(19-10-6-17(25-2)7-11-19)23-15-14-22(29-23)28-21-13-12-20(26-3)27-21;2-1(3,4)8(5,6)7/h4-15H,1-3H3;(H,5,6,7)/q+1;/p-1. The van der Waals surface area contributed by atoms with Crippen molar-refractivity contribution in [2.45, 2.75) is 27.9 Å². The van der Waals surface area contributed by atoms with E-state index in [1.807, 2.05) is 41.7 Å². The Morgan fingerprint density at radius 2 is 1.18 bits per heavy atom. The Labute approximate surface area is 233 Å². The number of ether oxygens (including phenoxy) is 3. The van der Waals surface area contributed by atoms with Crippen LogP contribution in [0.3, 0.4) is 0 Å². The van der Waals surface area contributed by atoms with E-state index in [0.717, 1.165) is 16.6 Å². The zero-order valence-electron chi connectivity index (χ0n) is 20.1. The first kappa shape index (κ1) is 30.2. The van der Waals surface area contributed by atoms with Gasteiger partial charge in [-0.05, 0) is 66.7 Å². The van der Waals surface area contributed by atoms with Gasteiger partial charge in [0.05, 0.1) is 29.7 Å². The molecule has 0 saturated heterocycles. The van der Waals surface area contributed by atoms with Gasteiger partial charge in [0.1, 0.15) is 22.4 Å². The van der Waals surface area contributed by atoms with E-state index >= 15 is 0 Å². The zero-order valence-corrected chi connectivity index (χ0v) is 24.1. The van der Waals surface area contributed by atoms with Crippen molar-refractivity contribution in [1.82, 2.24) is 0 Å². The molecule has 0 aliphatic carbocycles. The van der Waals surface area contributed by atoms with Crippen LogP contribution in [0, 0.1) is 0 Å². The highest BCUT2D eigenvalue weighted by atomic mass is 32.2. The molecule has 0 amide bonds. The van der Waals surface area contributed by atoms with Crippen molar-refractivity contribution >= 4 is 55.4 Å². The molecule has 6 nitrogen and oxygen atoms in total. The van der Waals surface area contributed by atoms with Crippen molar-refractivity contribution < 1.29 is 40.4 Å². The summed E-state index contributed by atoms with van der Waals surface area (Å²) in [6.45, 7) is 0. The number of benzene rings is 2. The maximum absolute atomic E-state index is 10.7. The van der Waals surface area contributed by atoms with Gasteiger partial charge < -0.3 is 18.8 Å². The summed E-state index contributed by atoms with van der Waals surface area (Å²) in [6.07, 6.45) is 0. The van der Waals surface area contributed by atoms with E-state index in [-0.39, 0.29) is 10.9 Å². The zero-order chi connectivity index (χ0) is 27.9. The van der Waals surface area contributed by atoms with E-state index < -0.39 is 15.6 Å². The van der Waals surface area contributed by atoms with Crippen LogP contribution >= 0.6 is 34.4 Å². The Bertz CT molecular complexity index is 1370. The molecule has 0 unspecified atom stereocenters. The molecule has 0 bridgehead atoms. The van der Waals surface area contributed by atoms with Crippen LogP contribution in [0.5, 0.6) is 16.6 Å². The molecule has 0 spiro atoms. The third kappa shape index (κ3) is 8.07. The van der Waals surface area contributed by atoms with Gasteiger partial charge in [-0.1, -0.05) is 34.4 Å². The summed E-state index contributed by atoms with van der Waals surface area (Å²) >= 11 is 5.30. The highest BCUT2D eigenvalue weighted by molar-refractivity contribution is 8.04. The second-order valence-electron chi connectivity index (χ2n) is 7.01. The molecular formula is C24H21F3O6S5. The molecule has 204 valence electrons. The summed E-state index contributed by atoms with van der Waals surface area (Å²) in [5, 5.41) is 0.936. The smallest absolute Gasteiger partial charge is 0.485 e. The number of alkyl halides is 3. The van der Waals surface area contributed by atoms with Crippen LogP contribution in [0.4, 0.5) is 13.2 Å². The Morgan fingerprint density at radius 3 is 1.58 bits per heavy atom. The quantitative estimate of drug-likeness (QED) is 0.117. The lowest BCUT2D eigenvalue weighted by atomic mass is 10.3. The number of rotatable bonds is 8. The highest BCUT2D eigenvalue weighted by Gasteiger charge is 2.37.